The molecule has 0 aromatic rings. The van der Waals surface area contributed by atoms with Crippen LogP contribution in [-0.4, -0.2) is 12.3 Å². The third-order valence-corrected chi connectivity index (χ3v) is 2.67. The summed E-state index contributed by atoms with van der Waals surface area (Å²) in [6.45, 7) is 3.52. The molecule has 2 rings (SSSR count). The first-order chi connectivity index (χ1) is 5.36. The molecular weight excluding hydrogens is 134 g/mol. The molecule has 1 nitrogen and oxygen atoms in total. The highest BCUT2D eigenvalue weighted by Crippen LogP contribution is 2.22. The van der Waals surface area contributed by atoms with Crippen LogP contribution in [-0.2, 0) is 0 Å². The van der Waals surface area contributed by atoms with E-state index in [4.69, 9.17) is 0 Å². The minimum absolute atomic E-state index is 0.861. The molecule has 1 atom stereocenters. The van der Waals surface area contributed by atoms with Crippen LogP contribution >= 0.6 is 0 Å². The van der Waals surface area contributed by atoms with Crippen LogP contribution in [0.3, 0.4) is 0 Å². The lowest BCUT2D eigenvalue weighted by Gasteiger charge is -2.19. The standard InChI is InChI=1S/C10H15N/c1-8-4-5-9-3-2-6-11-10(9)7-8/h5,8H,2-4,6-7H2,1H3/p+1/t8-/m1/s1. The zero-order valence-corrected chi connectivity index (χ0v) is 7.19. The molecule has 0 fully saturated rings. The zero-order valence-electron chi connectivity index (χ0n) is 7.19. The van der Waals surface area contributed by atoms with Gasteiger partial charge in [0.15, 0.2) is 5.71 Å². The van der Waals surface area contributed by atoms with Crippen LogP contribution in [0.2, 0.25) is 0 Å². The molecule has 1 heterocycles. The molecule has 1 aliphatic heterocycles. The van der Waals surface area contributed by atoms with Gasteiger partial charge in [0, 0.05) is 18.4 Å². The van der Waals surface area contributed by atoms with E-state index in [0.717, 1.165) is 5.92 Å². The highest BCUT2D eigenvalue weighted by molar-refractivity contribution is 5.96. The lowest BCUT2D eigenvalue weighted by Crippen LogP contribution is -2.75. The van der Waals surface area contributed by atoms with Crippen molar-refractivity contribution in [1.29, 1.82) is 0 Å². The van der Waals surface area contributed by atoms with Crippen molar-refractivity contribution in [3.05, 3.63) is 11.6 Å². The monoisotopic (exact) mass is 150 g/mol. The fourth-order valence-electron chi connectivity index (χ4n) is 1.99. The van der Waals surface area contributed by atoms with Gasteiger partial charge in [-0.05, 0) is 18.8 Å². The molecular formula is C10H16N+. The summed E-state index contributed by atoms with van der Waals surface area (Å²) in [6.07, 6.45) is 7.64. The Hall–Kier alpha value is -0.590. The number of allylic oxidation sites excluding steroid dienone is 2. The van der Waals surface area contributed by atoms with Gasteiger partial charge in [-0.3, -0.25) is 0 Å². The largest absolute Gasteiger partial charge is 0.245 e. The van der Waals surface area contributed by atoms with Gasteiger partial charge in [0.05, 0.1) is 0 Å². The van der Waals surface area contributed by atoms with Crippen molar-refractivity contribution in [1.82, 2.24) is 0 Å². The van der Waals surface area contributed by atoms with E-state index in [9.17, 15) is 0 Å². The highest BCUT2D eigenvalue weighted by Gasteiger charge is 2.23. The maximum Gasteiger partial charge on any atom is 0.177 e. The molecule has 0 unspecified atom stereocenters. The smallest absolute Gasteiger partial charge is 0.177 e. The maximum atomic E-state index is 3.50. The Morgan fingerprint density at radius 2 is 2.45 bits per heavy atom. The molecule has 1 aliphatic carbocycles. The van der Waals surface area contributed by atoms with Gasteiger partial charge in [-0.25, -0.2) is 4.99 Å². The Morgan fingerprint density at radius 1 is 1.55 bits per heavy atom. The van der Waals surface area contributed by atoms with E-state index in [1.54, 1.807) is 5.57 Å². The zero-order chi connectivity index (χ0) is 7.68. The van der Waals surface area contributed by atoms with Gasteiger partial charge in [0.2, 0.25) is 0 Å². The molecule has 1 N–H and O–H groups in total. The third kappa shape index (κ3) is 1.37. The van der Waals surface area contributed by atoms with Crippen LogP contribution in [0.15, 0.2) is 11.6 Å². The van der Waals surface area contributed by atoms with E-state index in [-0.39, 0.29) is 0 Å². The van der Waals surface area contributed by atoms with Crippen molar-refractivity contribution in [2.24, 2.45) is 5.92 Å². The van der Waals surface area contributed by atoms with Crippen LogP contribution in [0.1, 0.15) is 32.6 Å². The first kappa shape index (κ1) is 7.08. The van der Waals surface area contributed by atoms with Crippen molar-refractivity contribution in [2.45, 2.75) is 32.6 Å². The van der Waals surface area contributed by atoms with Crippen molar-refractivity contribution in [3.63, 3.8) is 0 Å². The fraction of sp³-hybridized carbons (Fsp3) is 0.700. The summed E-state index contributed by atoms with van der Waals surface area (Å²) in [5.41, 5.74) is 3.14. The Bertz CT molecular complexity index is 213. The summed E-state index contributed by atoms with van der Waals surface area (Å²) in [5, 5.41) is 0. The molecule has 0 spiro atoms. The summed E-state index contributed by atoms with van der Waals surface area (Å²) in [6, 6.07) is 0. The first-order valence-electron chi connectivity index (χ1n) is 4.65. The fourth-order valence-corrected chi connectivity index (χ4v) is 1.99. The molecule has 0 amide bonds. The van der Waals surface area contributed by atoms with E-state index < -0.39 is 0 Å². The summed E-state index contributed by atoms with van der Waals surface area (Å²) in [7, 11) is 0. The van der Waals surface area contributed by atoms with Crippen molar-refractivity contribution < 1.29 is 4.99 Å². The minimum atomic E-state index is 0.861. The average molecular weight is 150 g/mol. The molecule has 0 aromatic carbocycles. The molecule has 60 valence electrons. The van der Waals surface area contributed by atoms with E-state index in [0.29, 0.717) is 0 Å². The summed E-state index contributed by atoms with van der Waals surface area (Å²) >= 11 is 0. The molecule has 11 heavy (non-hydrogen) atoms. The van der Waals surface area contributed by atoms with Gasteiger partial charge in [-0.15, -0.1) is 0 Å². The topological polar surface area (TPSA) is 14.0 Å². The molecule has 1 heteroatoms. The van der Waals surface area contributed by atoms with Crippen LogP contribution in [0, 0.1) is 5.92 Å². The normalized spacial score (nSPS) is 30.5. The van der Waals surface area contributed by atoms with E-state index >= 15 is 0 Å². The Kier molecular flexibility index (Phi) is 1.80. The summed E-state index contributed by atoms with van der Waals surface area (Å²) in [4.78, 5) is 3.50. The average Bonchev–Trinajstić information content (AvgIpc) is 2.04. The third-order valence-electron chi connectivity index (χ3n) is 2.67. The predicted molar refractivity (Wildman–Crippen MR) is 46.6 cm³/mol. The van der Waals surface area contributed by atoms with E-state index in [1.807, 2.05) is 0 Å². The van der Waals surface area contributed by atoms with E-state index in [1.165, 1.54) is 37.9 Å². The number of nitrogens with one attached hydrogen (secondary N) is 1. The maximum absolute atomic E-state index is 3.50. The molecule has 0 saturated carbocycles. The van der Waals surface area contributed by atoms with Gasteiger partial charge >= 0.3 is 0 Å². The first-order valence-corrected chi connectivity index (χ1v) is 4.65. The van der Waals surface area contributed by atoms with Gasteiger partial charge < -0.3 is 0 Å². The molecule has 2 aliphatic rings. The van der Waals surface area contributed by atoms with Crippen molar-refractivity contribution in [3.8, 4) is 0 Å². The molecule has 0 radical (unpaired) electrons. The van der Waals surface area contributed by atoms with Gasteiger partial charge in [-0.1, -0.05) is 13.0 Å². The lowest BCUT2D eigenvalue weighted by atomic mass is 9.86. The number of fused-ring (bicyclic) bond motifs is 1. The number of hydrogen-bond donors (Lipinski definition) is 1. The lowest BCUT2D eigenvalue weighted by molar-refractivity contribution is -0.462. The second-order valence-electron chi connectivity index (χ2n) is 3.78. The predicted octanol–water partition coefficient (Wildman–Crippen LogP) is 0.658. The molecule has 0 bridgehead atoms. The molecule has 0 saturated heterocycles. The minimum Gasteiger partial charge on any atom is -0.245 e. The van der Waals surface area contributed by atoms with Crippen LogP contribution in [0.5, 0.6) is 0 Å². The molecule has 0 aromatic heterocycles. The van der Waals surface area contributed by atoms with Gasteiger partial charge in [0.25, 0.3) is 0 Å². The number of hydrogen-bond acceptors (Lipinski definition) is 0. The quantitative estimate of drug-likeness (QED) is 0.521. The van der Waals surface area contributed by atoms with E-state index in [2.05, 4.69) is 18.0 Å². The van der Waals surface area contributed by atoms with Crippen LogP contribution in [0.25, 0.3) is 0 Å². The van der Waals surface area contributed by atoms with Gasteiger partial charge in [0.1, 0.15) is 6.54 Å². The van der Waals surface area contributed by atoms with Crippen molar-refractivity contribution in [2.75, 3.05) is 6.54 Å². The Balaban J connectivity index is 2.22. The summed E-state index contributed by atoms with van der Waals surface area (Å²) < 4.78 is 0. The van der Waals surface area contributed by atoms with Gasteiger partial charge in [-0.2, -0.15) is 0 Å². The van der Waals surface area contributed by atoms with Crippen LogP contribution in [0.4, 0.5) is 0 Å². The number of rotatable bonds is 0. The second-order valence-corrected chi connectivity index (χ2v) is 3.78. The van der Waals surface area contributed by atoms with Crippen molar-refractivity contribution >= 4 is 5.71 Å². The Morgan fingerprint density at radius 3 is 3.36 bits per heavy atom. The summed E-state index contributed by atoms with van der Waals surface area (Å²) in [5.74, 6) is 0.861. The van der Waals surface area contributed by atoms with Crippen LogP contribution < -0.4 is 4.99 Å². The highest BCUT2D eigenvalue weighted by atomic mass is 14.8. The second kappa shape index (κ2) is 2.80. The SMILES string of the molecule is C[C@@H]1CC=C2CCC[NH+]=C2C1. The Labute approximate surface area is 68.2 Å².